The van der Waals surface area contributed by atoms with Gasteiger partial charge in [0, 0.05) is 61.8 Å². The van der Waals surface area contributed by atoms with Gasteiger partial charge in [-0.1, -0.05) is 44.5 Å². The van der Waals surface area contributed by atoms with Crippen LogP contribution in [-0.2, 0) is 0 Å². The number of likely N-dealkylation sites (N-methyl/N-ethyl adjacent to an activating group) is 3. The normalized spacial score (nSPS) is 15.0. The van der Waals surface area contributed by atoms with Crippen LogP contribution in [0.25, 0.3) is 45.1 Å². The summed E-state index contributed by atoms with van der Waals surface area (Å²) >= 11 is 0. The Kier molecular flexibility index (Phi) is 13.4. The number of likely N-dealkylation sites (tertiary alicyclic amines) is 1. The Morgan fingerprint density at radius 1 is 0.649 bits per heavy atom. The summed E-state index contributed by atoms with van der Waals surface area (Å²) in [6.07, 6.45) is 10.5. The van der Waals surface area contributed by atoms with Gasteiger partial charge in [-0.2, -0.15) is 0 Å². The molecule has 0 aliphatic carbocycles. The second-order valence-corrected chi connectivity index (χ2v) is 15.8. The molecular formula is C43H60N14. The third-order valence-electron chi connectivity index (χ3n) is 11.3. The van der Waals surface area contributed by atoms with Crippen LogP contribution in [0, 0.1) is 0 Å². The molecule has 14 heteroatoms. The third kappa shape index (κ3) is 9.93. The van der Waals surface area contributed by atoms with Crippen molar-refractivity contribution in [2.75, 3.05) is 103 Å². The number of piperidine rings is 1. The Bertz CT molecular complexity index is 2080. The average Bonchev–Trinajstić information content (AvgIpc) is 3.88. The topological polar surface area (TPSA) is 128 Å². The molecule has 0 amide bonds. The highest BCUT2D eigenvalue weighted by atomic mass is 15.3. The number of nitrogens with zero attached hydrogens (tertiary/aromatic N) is 12. The average molecular weight is 773 g/mol. The van der Waals surface area contributed by atoms with E-state index in [0.29, 0.717) is 0 Å². The molecule has 1 aliphatic heterocycles. The third-order valence-corrected chi connectivity index (χ3v) is 11.3. The zero-order valence-corrected chi connectivity index (χ0v) is 34.6. The second kappa shape index (κ2) is 18.9. The van der Waals surface area contributed by atoms with Crippen molar-refractivity contribution >= 4 is 33.7 Å². The molecule has 57 heavy (non-hydrogen) atoms. The number of aromatic nitrogens is 8. The maximum absolute atomic E-state index is 4.90. The van der Waals surface area contributed by atoms with Crippen molar-refractivity contribution in [2.24, 2.45) is 0 Å². The molecule has 14 nitrogen and oxygen atoms in total. The van der Waals surface area contributed by atoms with E-state index in [1.165, 1.54) is 30.6 Å². The highest BCUT2D eigenvalue weighted by Crippen LogP contribution is 2.31. The van der Waals surface area contributed by atoms with Gasteiger partial charge >= 0.3 is 0 Å². The molecule has 4 aromatic heterocycles. The van der Waals surface area contributed by atoms with E-state index in [-0.39, 0.29) is 12.1 Å². The second-order valence-electron chi connectivity index (χ2n) is 15.8. The Labute approximate surface area is 337 Å². The van der Waals surface area contributed by atoms with Crippen LogP contribution in [0.5, 0.6) is 0 Å². The molecule has 5 heterocycles. The summed E-state index contributed by atoms with van der Waals surface area (Å²) < 4.78 is 0. The smallest absolute Gasteiger partial charge is 0.161 e. The molecular weight excluding hydrogens is 713 g/mol. The lowest BCUT2D eigenvalue weighted by atomic mass is 9.99. The minimum Gasteiger partial charge on any atom is -0.364 e. The fourth-order valence-corrected chi connectivity index (χ4v) is 8.15. The summed E-state index contributed by atoms with van der Waals surface area (Å²) in [5, 5.41) is 0. The van der Waals surface area contributed by atoms with E-state index in [0.717, 1.165) is 111 Å². The molecule has 1 saturated heterocycles. The number of H-pyrrole nitrogens is 2. The lowest BCUT2D eigenvalue weighted by Crippen LogP contribution is -2.61. The molecule has 7 rings (SSSR count). The minimum atomic E-state index is 0.115. The van der Waals surface area contributed by atoms with Crippen LogP contribution in [-0.4, -0.2) is 165 Å². The zero-order chi connectivity index (χ0) is 39.7. The van der Waals surface area contributed by atoms with Gasteiger partial charge in [-0.3, -0.25) is 0 Å². The van der Waals surface area contributed by atoms with Gasteiger partial charge < -0.3 is 39.4 Å². The molecule has 2 aromatic carbocycles. The van der Waals surface area contributed by atoms with Gasteiger partial charge in [0.25, 0.3) is 0 Å². The maximum Gasteiger partial charge on any atom is 0.161 e. The lowest BCUT2D eigenvalue weighted by Gasteiger charge is -2.47. The SMILES string of the molecule is CCN(CC)CC(C(CN(C)C)N(CCN(C)C)c1cccc(-c2nc3cncnc3[nH]2)c1)N(CCN1CCCCC1)c1cccc(-c2nc3cncnc3[nH]2)c1. The van der Waals surface area contributed by atoms with Crippen LogP contribution in [0.2, 0.25) is 0 Å². The Morgan fingerprint density at radius 2 is 1.19 bits per heavy atom. The van der Waals surface area contributed by atoms with E-state index in [9.17, 15) is 0 Å². The molecule has 0 bridgehead atoms. The van der Waals surface area contributed by atoms with E-state index in [2.05, 4.69) is 150 Å². The largest absolute Gasteiger partial charge is 0.364 e. The first-order valence-corrected chi connectivity index (χ1v) is 20.6. The fourth-order valence-electron chi connectivity index (χ4n) is 8.15. The number of imidazole rings is 2. The summed E-state index contributed by atoms with van der Waals surface area (Å²) in [5.41, 5.74) is 7.43. The van der Waals surface area contributed by atoms with E-state index < -0.39 is 0 Å². The van der Waals surface area contributed by atoms with E-state index >= 15 is 0 Å². The van der Waals surface area contributed by atoms with Crippen molar-refractivity contribution in [1.82, 2.24) is 59.5 Å². The Balaban J connectivity index is 1.34. The Hall–Kier alpha value is -5.02. The first-order chi connectivity index (χ1) is 27.8. The fraction of sp³-hybridized carbons (Fsp3) is 0.488. The zero-order valence-electron chi connectivity index (χ0n) is 34.6. The summed E-state index contributed by atoms with van der Waals surface area (Å²) in [6, 6.07) is 18.0. The van der Waals surface area contributed by atoms with Crippen molar-refractivity contribution in [2.45, 2.75) is 45.2 Å². The number of fused-ring (bicyclic) bond motifs is 2. The van der Waals surface area contributed by atoms with Crippen LogP contribution in [0.4, 0.5) is 11.4 Å². The number of anilines is 2. The van der Waals surface area contributed by atoms with E-state index in [1.54, 1.807) is 25.0 Å². The van der Waals surface area contributed by atoms with Crippen molar-refractivity contribution < 1.29 is 0 Å². The number of hydrogen-bond acceptors (Lipinski definition) is 12. The minimum absolute atomic E-state index is 0.115. The molecule has 2 atom stereocenters. The van der Waals surface area contributed by atoms with Gasteiger partial charge in [-0.05, 0) is 91.5 Å². The summed E-state index contributed by atoms with van der Waals surface area (Å²) in [5.74, 6) is 1.59. The van der Waals surface area contributed by atoms with Crippen LogP contribution in [0.3, 0.4) is 0 Å². The molecule has 0 saturated carbocycles. The van der Waals surface area contributed by atoms with Crippen LogP contribution >= 0.6 is 0 Å². The molecule has 2 N–H and O–H groups in total. The van der Waals surface area contributed by atoms with Crippen LogP contribution < -0.4 is 9.80 Å². The molecule has 6 aromatic rings. The van der Waals surface area contributed by atoms with Crippen LogP contribution in [0.15, 0.2) is 73.6 Å². The van der Waals surface area contributed by atoms with Gasteiger partial charge in [-0.15, -0.1) is 0 Å². The molecule has 1 aliphatic rings. The Morgan fingerprint density at radius 3 is 1.70 bits per heavy atom. The van der Waals surface area contributed by atoms with Gasteiger partial charge in [0.05, 0.1) is 24.5 Å². The summed E-state index contributed by atoms with van der Waals surface area (Å²) in [6.45, 7) is 14.3. The molecule has 302 valence electrons. The van der Waals surface area contributed by atoms with E-state index in [1.807, 2.05) is 0 Å². The lowest BCUT2D eigenvalue weighted by molar-refractivity contribution is 0.215. The highest BCUT2D eigenvalue weighted by molar-refractivity contribution is 5.77. The first kappa shape index (κ1) is 40.2. The first-order valence-electron chi connectivity index (χ1n) is 20.6. The van der Waals surface area contributed by atoms with Gasteiger partial charge in [0.2, 0.25) is 0 Å². The van der Waals surface area contributed by atoms with E-state index in [4.69, 9.17) is 9.97 Å². The van der Waals surface area contributed by atoms with Gasteiger partial charge in [-0.25, -0.2) is 29.9 Å². The van der Waals surface area contributed by atoms with Gasteiger partial charge in [0.1, 0.15) is 35.3 Å². The molecule has 0 radical (unpaired) electrons. The molecule has 1 fully saturated rings. The number of aromatic amines is 2. The number of benzene rings is 2. The highest BCUT2D eigenvalue weighted by Gasteiger charge is 2.35. The van der Waals surface area contributed by atoms with Crippen molar-refractivity contribution in [1.29, 1.82) is 0 Å². The predicted molar refractivity (Wildman–Crippen MR) is 232 cm³/mol. The van der Waals surface area contributed by atoms with Gasteiger partial charge in [0.15, 0.2) is 11.3 Å². The quantitative estimate of drug-likeness (QED) is 0.110. The number of hydrogen-bond donors (Lipinski definition) is 2. The number of nitrogens with one attached hydrogen (secondary N) is 2. The molecule has 2 unspecified atom stereocenters. The van der Waals surface area contributed by atoms with Crippen molar-refractivity contribution in [3.8, 4) is 22.8 Å². The maximum atomic E-state index is 4.90. The standard InChI is InChI=1S/C43H60N14/c1-7-54(8-2)29-39(57(23-21-55-18-10-9-11-19-55)35-17-13-15-33(25-35)41-49-37-27-45-31-47-43(37)51-41)38(28-53(5)6)56(22-20-52(3)4)34-16-12-14-32(24-34)40-48-36-26-44-30-46-42(36)50-40/h12-17,24-27,30-31,38-39H,7-11,18-23,28-29H2,1-6H3,(H,44,46,48,50)(H,45,47,49,51). The van der Waals surface area contributed by atoms with Crippen LogP contribution in [0.1, 0.15) is 33.1 Å². The number of rotatable bonds is 19. The predicted octanol–water partition coefficient (Wildman–Crippen LogP) is 5.35. The molecule has 0 spiro atoms. The van der Waals surface area contributed by atoms with Crippen molar-refractivity contribution in [3.05, 3.63) is 73.6 Å². The summed E-state index contributed by atoms with van der Waals surface area (Å²) in [7, 11) is 8.75. The summed E-state index contributed by atoms with van der Waals surface area (Å²) in [4.78, 5) is 49.2. The monoisotopic (exact) mass is 773 g/mol. The van der Waals surface area contributed by atoms with Crippen molar-refractivity contribution in [3.63, 3.8) is 0 Å².